The SMILES string of the molecule is CCCCC/C=C\C/C=C\C/C=C\CCCCCCC(=O)OCC(O)COC(=O)CCCCCCCCCCCCCCCCCCCCCCC. The number of ether oxygens (including phenoxy) is 2. The molecule has 52 heavy (non-hydrogen) atoms. The lowest BCUT2D eigenvalue weighted by atomic mass is 10.0. The predicted octanol–water partition coefficient (Wildman–Crippen LogP) is 14.4. The first-order chi connectivity index (χ1) is 25.6. The molecule has 0 saturated carbocycles. The van der Waals surface area contributed by atoms with Gasteiger partial charge in [-0.3, -0.25) is 9.59 Å². The fourth-order valence-corrected chi connectivity index (χ4v) is 6.45. The lowest BCUT2D eigenvalue weighted by Crippen LogP contribution is -2.25. The second kappa shape index (κ2) is 43.5. The van der Waals surface area contributed by atoms with Crippen LogP contribution in [0.25, 0.3) is 0 Å². The van der Waals surface area contributed by atoms with Gasteiger partial charge in [-0.05, 0) is 51.4 Å². The number of carbonyl (C=O) groups is 2. The predicted molar refractivity (Wildman–Crippen MR) is 224 cm³/mol. The van der Waals surface area contributed by atoms with E-state index in [1.807, 2.05) is 0 Å². The molecule has 0 bridgehead atoms. The van der Waals surface area contributed by atoms with Crippen LogP contribution < -0.4 is 0 Å². The van der Waals surface area contributed by atoms with E-state index in [-0.39, 0.29) is 25.2 Å². The van der Waals surface area contributed by atoms with Crippen molar-refractivity contribution in [1.29, 1.82) is 0 Å². The summed E-state index contributed by atoms with van der Waals surface area (Å²) in [4.78, 5) is 24.0. The molecule has 5 heteroatoms. The summed E-state index contributed by atoms with van der Waals surface area (Å²) in [5.74, 6) is -0.581. The van der Waals surface area contributed by atoms with Gasteiger partial charge in [0, 0.05) is 12.8 Å². The molecule has 0 aromatic carbocycles. The molecular formula is C47H86O5. The Morgan fingerprint density at radius 1 is 0.404 bits per heavy atom. The lowest BCUT2D eigenvalue weighted by molar-refractivity contribution is -0.152. The van der Waals surface area contributed by atoms with Gasteiger partial charge in [0.2, 0.25) is 0 Å². The second-order valence-electron chi connectivity index (χ2n) is 15.2. The fourth-order valence-electron chi connectivity index (χ4n) is 6.45. The molecule has 0 aromatic heterocycles. The molecule has 1 N–H and O–H groups in total. The molecule has 0 radical (unpaired) electrons. The van der Waals surface area contributed by atoms with Gasteiger partial charge in [-0.2, -0.15) is 0 Å². The number of hydrogen-bond acceptors (Lipinski definition) is 5. The van der Waals surface area contributed by atoms with Crippen LogP contribution in [0, 0.1) is 0 Å². The van der Waals surface area contributed by atoms with Gasteiger partial charge >= 0.3 is 11.9 Å². The highest BCUT2D eigenvalue weighted by Gasteiger charge is 2.12. The summed E-state index contributed by atoms with van der Waals surface area (Å²) in [5, 5.41) is 10.0. The Morgan fingerprint density at radius 2 is 0.673 bits per heavy atom. The van der Waals surface area contributed by atoms with Crippen molar-refractivity contribution in [2.75, 3.05) is 13.2 Å². The average molecular weight is 731 g/mol. The van der Waals surface area contributed by atoms with E-state index in [2.05, 4.69) is 50.3 Å². The molecule has 0 aliphatic carbocycles. The zero-order chi connectivity index (χ0) is 37.8. The molecule has 1 atom stereocenters. The highest BCUT2D eigenvalue weighted by molar-refractivity contribution is 5.69. The summed E-state index contributed by atoms with van der Waals surface area (Å²) < 4.78 is 10.4. The van der Waals surface area contributed by atoms with Crippen LogP contribution >= 0.6 is 0 Å². The van der Waals surface area contributed by atoms with Crippen molar-refractivity contribution in [1.82, 2.24) is 0 Å². The average Bonchev–Trinajstić information content (AvgIpc) is 3.15. The third-order valence-electron chi connectivity index (χ3n) is 9.88. The van der Waals surface area contributed by atoms with E-state index in [0.717, 1.165) is 64.2 Å². The minimum absolute atomic E-state index is 0.120. The van der Waals surface area contributed by atoms with Gasteiger partial charge in [-0.15, -0.1) is 0 Å². The standard InChI is InChI=1S/C47H86O5/c1-3-5-7-9-11-13-15-17-19-21-22-23-24-26-28-30-32-34-36-38-40-42-47(50)52-44-45(48)43-51-46(49)41-39-37-35-33-31-29-27-25-20-18-16-14-12-10-8-6-4-2/h12,14,18,20,27,29,45,48H,3-11,13,15-17,19,21-26,28,30-44H2,1-2H3/b14-12-,20-18-,29-27-. The molecule has 0 amide bonds. The number of aliphatic hydroxyl groups is 1. The first kappa shape index (κ1) is 50.1. The second-order valence-corrected chi connectivity index (χ2v) is 15.2. The Kier molecular flexibility index (Phi) is 42.0. The van der Waals surface area contributed by atoms with Gasteiger partial charge in [0.1, 0.15) is 19.3 Å². The fraction of sp³-hybridized carbons (Fsp3) is 0.830. The Hall–Kier alpha value is -1.88. The Bertz CT molecular complexity index is 832. The van der Waals surface area contributed by atoms with Crippen molar-refractivity contribution in [2.24, 2.45) is 0 Å². The minimum Gasteiger partial charge on any atom is -0.463 e. The first-order valence-electron chi connectivity index (χ1n) is 22.5. The largest absolute Gasteiger partial charge is 0.463 e. The van der Waals surface area contributed by atoms with Gasteiger partial charge in [-0.25, -0.2) is 0 Å². The van der Waals surface area contributed by atoms with E-state index in [0.29, 0.717) is 12.8 Å². The number of carbonyl (C=O) groups excluding carboxylic acids is 2. The van der Waals surface area contributed by atoms with E-state index < -0.39 is 6.10 Å². The first-order valence-corrected chi connectivity index (χ1v) is 22.5. The number of aliphatic hydroxyl groups excluding tert-OH is 1. The highest BCUT2D eigenvalue weighted by atomic mass is 16.6. The molecule has 0 spiro atoms. The van der Waals surface area contributed by atoms with E-state index in [1.165, 1.54) is 141 Å². The number of rotatable bonds is 41. The smallest absolute Gasteiger partial charge is 0.305 e. The normalized spacial score (nSPS) is 12.4. The minimum atomic E-state index is -0.971. The molecule has 0 aliphatic rings. The van der Waals surface area contributed by atoms with Gasteiger partial charge in [-0.1, -0.05) is 204 Å². The van der Waals surface area contributed by atoms with E-state index in [9.17, 15) is 14.7 Å². The Balaban J connectivity index is 3.42. The molecule has 5 nitrogen and oxygen atoms in total. The molecular weight excluding hydrogens is 645 g/mol. The van der Waals surface area contributed by atoms with Crippen molar-refractivity contribution < 1.29 is 24.2 Å². The van der Waals surface area contributed by atoms with Crippen molar-refractivity contribution in [3.05, 3.63) is 36.5 Å². The molecule has 0 fully saturated rings. The van der Waals surface area contributed by atoms with Crippen LogP contribution in [0.5, 0.6) is 0 Å². The molecule has 304 valence electrons. The van der Waals surface area contributed by atoms with Crippen LogP contribution in [0.1, 0.15) is 232 Å². The quantitative estimate of drug-likeness (QED) is 0.0385. The summed E-state index contributed by atoms with van der Waals surface area (Å²) in [6.45, 7) is 4.28. The third kappa shape index (κ3) is 42.5. The van der Waals surface area contributed by atoms with Crippen LogP contribution in [0.2, 0.25) is 0 Å². The maximum atomic E-state index is 12.0. The molecule has 0 aliphatic heterocycles. The van der Waals surface area contributed by atoms with Crippen molar-refractivity contribution >= 4 is 11.9 Å². The van der Waals surface area contributed by atoms with Gasteiger partial charge in [0.25, 0.3) is 0 Å². The Morgan fingerprint density at radius 3 is 1.04 bits per heavy atom. The van der Waals surface area contributed by atoms with Gasteiger partial charge < -0.3 is 14.6 Å². The molecule has 0 saturated heterocycles. The number of allylic oxidation sites excluding steroid dienone is 6. The van der Waals surface area contributed by atoms with Crippen LogP contribution in [0.3, 0.4) is 0 Å². The zero-order valence-corrected chi connectivity index (χ0v) is 34.6. The van der Waals surface area contributed by atoms with E-state index in [1.54, 1.807) is 0 Å². The summed E-state index contributed by atoms with van der Waals surface area (Å²) >= 11 is 0. The molecule has 0 heterocycles. The van der Waals surface area contributed by atoms with Crippen LogP contribution in [0.4, 0.5) is 0 Å². The molecule has 1 unspecified atom stereocenters. The van der Waals surface area contributed by atoms with Crippen molar-refractivity contribution in [3.8, 4) is 0 Å². The zero-order valence-electron chi connectivity index (χ0n) is 34.6. The van der Waals surface area contributed by atoms with Crippen molar-refractivity contribution in [2.45, 2.75) is 238 Å². The molecule has 0 aromatic rings. The highest BCUT2D eigenvalue weighted by Crippen LogP contribution is 2.15. The summed E-state index contributed by atoms with van der Waals surface area (Å²) in [6.07, 6.45) is 53.6. The van der Waals surface area contributed by atoms with Gasteiger partial charge in [0.05, 0.1) is 0 Å². The summed E-state index contributed by atoms with van der Waals surface area (Å²) in [6, 6.07) is 0. The maximum absolute atomic E-state index is 12.0. The Labute approximate surface area is 323 Å². The van der Waals surface area contributed by atoms with E-state index >= 15 is 0 Å². The maximum Gasteiger partial charge on any atom is 0.305 e. The summed E-state index contributed by atoms with van der Waals surface area (Å²) in [7, 11) is 0. The van der Waals surface area contributed by atoms with Crippen LogP contribution in [-0.4, -0.2) is 36.4 Å². The monoisotopic (exact) mass is 731 g/mol. The van der Waals surface area contributed by atoms with Crippen LogP contribution in [0.15, 0.2) is 36.5 Å². The lowest BCUT2D eigenvalue weighted by Gasteiger charge is -2.12. The number of hydrogen-bond donors (Lipinski definition) is 1. The summed E-state index contributed by atoms with van der Waals surface area (Å²) in [5.41, 5.74) is 0. The van der Waals surface area contributed by atoms with Gasteiger partial charge in [0.15, 0.2) is 0 Å². The molecule has 0 rings (SSSR count). The van der Waals surface area contributed by atoms with E-state index in [4.69, 9.17) is 9.47 Å². The van der Waals surface area contributed by atoms with Crippen molar-refractivity contribution in [3.63, 3.8) is 0 Å². The third-order valence-corrected chi connectivity index (χ3v) is 9.88. The topological polar surface area (TPSA) is 72.8 Å². The number of esters is 2. The van der Waals surface area contributed by atoms with Crippen LogP contribution in [-0.2, 0) is 19.1 Å². The number of unbranched alkanes of at least 4 members (excludes halogenated alkanes) is 27.